The first-order valence-corrected chi connectivity index (χ1v) is 12.0. The Balaban J connectivity index is 1.36. The van der Waals surface area contributed by atoms with Crippen molar-refractivity contribution in [3.05, 3.63) is 107 Å². The maximum Gasteiger partial charge on any atom is 0.337 e. The van der Waals surface area contributed by atoms with Crippen molar-refractivity contribution in [3.8, 4) is 11.3 Å². The molecule has 1 amide bonds. The van der Waals surface area contributed by atoms with Crippen LogP contribution in [0.25, 0.3) is 16.9 Å². The molecule has 0 atom stereocenters. The molecule has 0 bridgehead atoms. The summed E-state index contributed by atoms with van der Waals surface area (Å²) in [7, 11) is 7.41. The molecule has 10 heteroatoms. The van der Waals surface area contributed by atoms with Crippen LogP contribution in [0, 0.1) is 0 Å². The van der Waals surface area contributed by atoms with E-state index in [0.717, 1.165) is 11.1 Å². The van der Waals surface area contributed by atoms with Crippen LogP contribution in [-0.4, -0.2) is 41.4 Å². The number of hydrogen-bond donors (Lipinski definition) is 2. The summed E-state index contributed by atoms with van der Waals surface area (Å²) in [5.74, 6) is -0.168. The molecule has 0 aliphatic carbocycles. The van der Waals surface area contributed by atoms with Crippen molar-refractivity contribution < 1.29 is 14.3 Å². The Morgan fingerprint density at radius 2 is 1.79 bits per heavy atom. The van der Waals surface area contributed by atoms with Gasteiger partial charge in [-0.3, -0.25) is 4.79 Å². The van der Waals surface area contributed by atoms with Crippen molar-refractivity contribution in [2.45, 2.75) is 6.54 Å². The molecule has 2 aromatic heterocycles. The van der Waals surface area contributed by atoms with Crippen LogP contribution < -0.4 is 16.1 Å². The smallest absolute Gasteiger partial charge is 0.337 e. The van der Waals surface area contributed by atoms with E-state index in [1.54, 1.807) is 41.0 Å². The molecule has 2 N–H and O–H groups in total. The number of carbonyl (C=O) groups excluding carboxylic acids is 2. The number of aromatic nitrogens is 3. The number of amides is 1. The van der Waals surface area contributed by atoms with E-state index in [1.165, 1.54) is 13.2 Å². The van der Waals surface area contributed by atoms with E-state index in [-0.39, 0.29) is 5.91 Å². The normalized spacial score (nSPS) is 10.8. The number of nitrogens with one attached hydrogen (secondary N) is 2. The minimum absolute atomic E-state index is 0.303. The molecule has 38 heavy (non-hydrogen) atoms. The van der Waals surface area contributed by atoms with Crippen LogP contribution >= 0.6 is 11.6 Å². The number of nitrogens with zero attached hydrogens (tertiary/aromatic N) is 3. The highest BCUT2D eigenvalue weighted by Gasteiger charge is 2.14. The second-order valence-electron chi connectivity index (χ2n) is 8.42. The molecule has 0 spiro atoms. The van der Waals surface area contributed by atoms with Crippen molar-refractivity contribution in [2.24, 2.45) is 0 Å². The highest BCUT2D eigenvalue weighted by Crippen LogP contribution is 2.28. The fourth-order valence-corrected chi connectivity index (χ4v) is 4.21. The Bertz CT molecular complexity index is 1670. The molecule has 5 rings (SSSR count). The summed E-state index contributed by atoms with van der Waals surface area (Å²) in [6, 6.07) is 23.1. The maximum atomic E-state index is 12.8. The zero-order valence-corrected chi connectivity index (χ0v) is 21.1. The lowest BCUT2D eigenvalue weighted by molar-refractivity contribution is 0.0600. The van der Waals surface area contributed by atoms with Crippen molar-refractivity contribution in [2.75, 3.05) is 17.7 Å². The van der Waals surface area contributed by atoms with Gasteiger partial charge in [-0.2, -0.15) is 9.61 Å². The summed E-state index contributed by atoms with van der Waals surface area (Å²) < 4.78 is 6.37. The standard InChI is InChI=1S/C28H21BClN5O3/c1-38-28(37)19-8-5-7-18(13-19)27(36)33-20-9-4-6-17(12-20)15-31-25-14-24(21-10-2-3-11-23(21)30)34-26-22(29)16-32-35(25)26/h2-14,16,31H,15H2,1H3,(H,33,36). The number of rotatable bonds is 7. The van der Waals surface area contributed by atoms with E-state index >= 15 is 0 Å². The Kier molecular flexibility index (Phi) is 7.10. The lowest BCUT2D eigenvalue weighted by atomic mass is 10.0. The molecule has 3 aromatic carbocycles. The number of ether oxygens (including phenoxy) is 1. The quantitative estimate of drug-likeness (QED) is 0.242. The van der Waals surface area contributed by atoms with Gasteiger partial charge in [-0.05, 0) is 47.4 Å². The second-order valence-corrected chi connectivity index (χ2v) is 8.83. The molecule has 0 unspecified atom stereocenters. The van der Waals surface area contributed by atoms with E-state index in [9.17, 15) is 9.59 Å². The van der Waals surface area contributed by atoms with Crippen LogP contribution in [0.2, 0.25) is 5.02 Å². The highest BCUT2D eigenvalue weighted by molar-refractivity contribution is 6.36. The number of fused-ring (bicyclic) bond motifs is 1. The Morgan fingerprint density at radius 1 is 1.00 bits per heavy atom. The third kappa shape index (κ3) is 5.23. The van der Waals surface area contributed by atoms with E-state index in [4.69, 9.17) is 24.2 Å². The average molecular weight is 522 g/mol. The van der Waals surface area contributed by atoms with Gasteiger partial charge in [0.25, 0.3) is 5.91 Å². The fraction of sp³-hybridized carbons (Fsp3) is 0.0714. The third-order valence-electron chi connectivity index (χ3n) is 5.85. The van der Waals surface area contributed by atoms with Crippen LogP contribution in [0.4, 0.5) is 11.5 Å². The number of esters is 1. The first-order valence-electron chi connectivity index (χ1n) is 11.6. The summed E-state index contributed by atoms with van der Waals surface area (Å²) in [6.45, 7) is 0.433. The lowest BCUT2D eigenvalue weighted by Gasteiger charge is -2.13. The van der Waals surface area contributed by atoms with Gasteiger partial charge in [0.2, 0.25) is 0 Å². The average Bonchev–Trinajstić information content (AvgIpc) is 3.32. The Hall–Kier alpha value is -4.63. The minimum Gasteiger partial charge on any atom is -0.465 e. The van der Waals surface area contributed by atoms with Crippen LogP contribution in [-0.2, 0) is 11.3 Å². The molecule has 5 aromatic rings. The van der Waals surface area contributed by atoms with Gasteiger partial charge in [0.05, 0.1) is 18.4 Å². The molecule has 186 valence electrons. The van der Waals surface area contributed by atoms with Crippen molar-refractivity contribution >= 4 is 53.9 Å². The van der Waals surface area contributed by atoms with Crippen molar-refractivity contribution in [1.82, 2.24) is 14.6 Å². The van der Waals surface area contributed by atoms with Gasteiger partial charge in [-0.15, -0.1) is 0 Å². The summed E-state index contributed by atoms with van der Waals surface area (Å²) in [6.07, 6.45) is 1.55. The van der Waals surface area contributed by atoms with Gasteiger partial charge in [0.1, 0.15) is 13.7 Å². The topological polar surface area (TPSA) is 97.6 Å². The highest BCUT2D eigenvalue weighted by atomic mass is 35.5. The Labute approximate surface area is 225 Å². The second kappa shape index (κ2) is 10.8. The van der Waals surface area contributed by atoms with Gasteiger partial charge in [0, 0.05) is 40.6 Å². The SMILES string of the molecule is [B]c1cnn2c(NCc3cccc(NC(=O)c4cccc(C(=O)OC)c4)c3)cc(-c3ccccc3Cl)nc12. The van der Waals surface area contributed by atoms with Crippen LogP contribution in [0.5, 0.6) is 0 Å². The predicted molar refractivity (Wildman–Crippen MR) is 148 cm³/mol. The molecule has 2 heterocycles. The molecule has 0 aliphatic rings. The van der Waals surface area contributed by atoms with E-state index < -0.39 is 5.97 Å². The minimum atomic E-state index is -0.505. The summed E-state index contributed by atoms with van der Waals surface area (Å²) >= 11 is 6.41. The molecule has 8 nitrogen and oxygen atoms in total. The van der Waals surface area contributed by atoms with Gasteiger partial charge in [-0.1, -0.05) is 48.0 Å². The van der Waals surface area contributed by atoms with Gasteiger partial charge >= 0.3 is 5.97 Å². The van der Waals surface area contributed by atoms with Crippen LogP contribution in [0.1, 0.15) is 26.3 Å². The monoisotopic (exact) mass is 521 g/mol. The van der Waals surface area contributed by atoms with Crippen LogP contribution in [0.3, 0.4) is 0 Å². The zero-order chi connectivity index (χ0) is 26.6. The van der Waals surface area contributed by atoms with Gasteiger partial charge < -0.3 is 15.4 Å². The molecular formula is C28H21BClN5O3. The number of benzene rings is 3. The number of carbonyl (C=O) groups is 2. The molecule has 0 fully saturated rings. The van der Waals surface area contributed by atoms with E-state index in [1.807, 2.05) is 42.5 Å². The van der Waals surface area contributed by atoms with Crippen molar-refractivity contribution in [3.63, 3.8) is 0 Å². The van der Waals surface area contributed by atoms with E-state index in [2.05, 4.69) is 20.7 Å². The first-order chi connectivity index (χ1) is 18.4. The number of hydrogen-bond acceptors (Lipinski definition) is 6. The van der Waals surface area contributed by atoms with Gasteiger partial charge in [-0.25, -0.2) is 9.78 Å². The number of halogens is 1. The fourth-order valence-electron chi connectivity index (χ4n) is 3.97. The summed E-state index contributed by atoms with van der Waals surface area (Å²) in [5.41, 5.74) is 4.57. The van der Waals surface area contributed by atoms with Crippen LogP contribution in [0.15, 0.2) is 85.1 Å². The maximum absolute atomic E-state index is 12.8. The zero-order valence-electron chi connectivity index (χ0n) is 20.3. The lowest BCUT2D eigenvalue weighted by Crippen LogP contribution is -2.13. The molecule has 0 saturated heterocycles. The summed E-state index contributed by atoms with van der Waals surface area (Å²) in [4.78, 5) is 29.2. The summed E-state index contributed by atoms with van der Waals surface area (Å²) in [5, 5.41) is 11.2. The molecule has 2 radical (unpaired) electrons. The van der Waals surface area contributed by atoms with Crippen molar-refractivity contribution in [1.29, 1.82) is 0 Å². The number of anilines is 2. The number of methoxy groups -OCH3 is 1. The van der Waals surface area contributed by atoms with Gasteiger partial charge in [0.15, 0.2) is 5.65 Å². The Morgan fingerprint density at radius 3 is 2.61 bits per heavy atom. The first kappa shape index (κ1) is 25.0. The molecule has 0 saturated carbocycles. The predicted octanol–water partition coefficient (Wildman–Crippen LogP) is 4.49. The largest absolute Gasteiger partial charge is 0.465 e. The molecule has 0 aliphatic heterocycles. The van der Waals surface area contributed by atoms with E-state index in [0.29, 0.717) is 51.0 Å². The molecular weight excluding hydrogens is 501 g/mol. The third-order valence-corrected chi connectivity index (χ3v) is 6.18.